The fourth-order valence-electron chi connectivity index (χ4n) is 2.44. The summed E-state index contributed by atoms with van der Waals surface area (Å²) in [5, 5.41) is 3.31. The molecule has 0 spiro atoms. The van der Waals surface area contributed by atoms with Crippen molar-refractivity contribution in [3.8, 4) is 0 Å². The van der Waals surface area contributed by atoms with Crippen LogP contribution in [-0.2, 0) is 14.3 Å². The van der Waals surface area contributed by atoms with E-state index in [9.17, 15) is 4.79 Å². The van der Waals surface area contributed by atoms with Crippen molar-refractivity contribution in [3.05, 3.63) is 0 Å². The van der Waals surface area contributed by atoms with Crippen LogP contribution in [0.1, 0.15) is 33.6 Å². The number of carbonyl (C=O) groups is 1. The van der Waals surface area contributed by atoms with Crippen molar-refractivity contribution in [1.82, 2.24) is 15.1 Å². The summed E-state index contributed by atoms with van der Waals surface area (Å²) < 4.78 is 11.0. The molecule has 0 radical (unpaired) electrons. The van der Waals surface area contributed by atoms with Crippen LogP contribution in [0.5, 0.6) is 0 Å². The average molecular weight is 470 g/mol. The highest BCUT2D eigenvalue weighted by atomic mass is 127. The van der Waals surface area contributed by atoms with Crippen LogP contribution in [0.15, 0.2) is 4.99 Å². The maximum atomic E-state index is 11.4. The number of guanidine groups is 1. The average Bonchev–Trinajstić information content (AvgIpc) is 2.59. The molecule has 0 unspecified atom stereocenters. The zero-order valence-electron chi connectivity index (χ0n) is 16.0. The minimum Gasteiger partial charge on any atom is -0.379 e. The van der Waals surface area contributed by atoms with Gasteiger partial charge in [-0.2, -0.15) is 0 Å². The Balaban J connectivity index is 0.00000576. The van der Waals surface area contributed by atoms with Gasteiger partial charge in [-0.15, -0.1) is 24.0 Å². The van der Waals surface area contributed by atoms with E-state index in [4.69, 9.17) is 9.47 Å². The van der Waals surface area contributed by atoms with Crippen LogP contribution in [0.25, 0.3) is 0 Å². The zero-order chi connectivity index (χ0) is 17.6. The number of hydrogen-bond donors (Lipinski definition) is 1. The summed E-state index contributed by atoms with van der Waals surface area (Å²) in [6.07, 6.45) is 2.26. The summed E-state index contributed by atoms with van der Waals surface area (Å²) in [5.41, 5.74) is 0. The van der Waals surface area contributed by atoms with E-state index in [0.29, 0.717) is 26.4 Å². The molecule has 1 rings (SSSR count). The van der Waals surface area contributed by atoms with Crippen molar-refractivity contribution < 1.29 is 14.3 Å². The SMILES string of the molecule is CCCCOCCOCCN=C(NCC)N1CCN(C(C)=O)CC1.I. The van der Waals surface area contributed by atoms with E-state index in [-0.39, 0.29) is 29.9 Å². The molecule has 1 aliphatic heterocycles. The number of unbranched alkanes of at least 4 members (excludes halogenated alkanes) is 1. The second-order valence-electron chi connectivity index (χ2n) is 5.81. The van der Waals surface area contributed by atoms with Gasteiger partial charge in [0, 0.05) is 46.3 Å². The first-order valence-corrected chi connectivity index (χ1v) is 9.13. The third kappa shape index (κ3) is 10.9. The first kappa shape index (κ1) is 24.4. The van der Waals surface area contributed by atoms with Gasteiger partial charge in [0.25, 0.3) is 0 Å². The Morgan fingerprint density at radius 1 is 1.00 bits per heavy atom. The molecule has 1 amide bonds. The summed E-state index contributed by atoms with van der Waals surface area (Å²) in [6, 6.07) is 0. The molecule has 0 aromatic carbocycles. The first-order valence-electron chi connectivity index (χ1n) is 9.13. The second kappa shape index (κ2) is 15.6. The highest BCUT2D eigenvalue weighted by Crippen LogP contribution is 2.02. The predicted octanol–water partition coefficient (Wildman–Crippen LogP) is 1.57. The fourth-order valence-corrected chi connectivity index (χ4v) is 2.44. The number of nitrogens with one attached hydrogen (secondary N) is 1. The third-order valence-corrected chi connectivity index (χ3v) is 3.87. The molecule has 1 aliphatic rings. The van der Waals surface area contributed by atoms with Crippen molar-refractivity contribution in [3.63, 3.8) is 0 Å². The summed E-state index contributed by atoms with van der Waals surface area (Å²) in [6.45, 7) is 13.1. The van der Waals surface area contributed by atoms with Crippen LogP contribution in [0.3, 0.4) is 0 Å². The normalized spacial score (nSPS) is 15.1. The van der Waals surface area contributed by atoms with Gasteiger partial charge in [0.05, 0.1) is 26.4 Å². The van der Waals surface area contributed by atoms with E-state index in [1.54, 1.807) is 6.92 Å². The fraction of sp³-hybridized carbons (Fsp3) is 0.882. The van der Waals surface area contributed by atoms with Gasteiger partial charge in [-0.05, 0) is 13.3 Å². The Bertz CT molecular complexity index is 375. The van der Waals surface area contributed by atoms with Crippen molar-refractivity contribution in [2.24, 2.45) is 4.99 Å². The minimum absolute atomic E-state index is 0. The molecule has 0 bridgehead atoms. The Morgan fingerprint density at radius 3 is 2.16 bits per heavy atom. The summed E-state index contributed by atoms with van der Waals surface area (Å²) in [5.74, 6) is 1.05. The van der Waals surface area contributed by atoms with E-state index < -0.39 is 0 Å². The van der Waals surface area contributed by atoms with Crippen LogP contribution in [0.2, 0.25) is 0 Å². The van der Waals surface area contributed by atoms with Gasteiger partial charge in [0.2, 0.25) is 5.91 Å². The van der Waals surface area contributed by atoms with Crippen molar-refractivity contribution in [2.45, 2.75) is 33.6 Å². The number of piperazine rings is 1. The van der Waals surface area contributed by atoms with Gasteiger partial charge in [0.1, 0.15) is 0 Å². The summed E-state index contributed by atoms with van der Waals surface area (Å²) in [7, 11) is 0. The molecule has 8 heteroatoms. The number of ether oxygens (including phenoxy) is 2. The molecule has 7 nitrogen and oxygen atoms in total. The lowest BCUT2D eigenvalue weighted by Gasteiger charge is -2.36. The molecule has 1 heterocycles. The molecule has 0 aromatic heterocycles. The van der Waals surface area contributed by atoms with Crippen LogP contribution >= 0.6 is 24.0 Å². The molecule has 0 aromatic rings. The van der Waals surface area contributed by atoms with Crippen LogP contribution in [0, 0.1) is 0 Å². The number of amides is 1. The number of nitrogens with zero attached hydrogens (tertiary/aromatic N) is 3. The van der Waals surface area contributed by atoms with Crippen molar-refractivity contribution >= 4 is 35.8 Å². The number of rotatable bonds is 10. The Kier molecular flexibility index (Phi) is 15.2. The lowest BCUT2D eigenvalue weighted by molar-refractivity contribution is -0.130. The molecule has 1 N–H and O–H groups in total. The van der Waals surface area contributed by atoms with Gasteiger partial charge in [-0.3, -0.25) is 9.79 Å². The molecule has 0 saturated carbocycles. The predicted molar refractivity (Wildman–Crippen MR) is 112 cm³/mol. The van der Waals surface area contributed by atoms with Crippen LogP contribution in [-0.4, -0.2) is 87.4 Å². The topological polar surface area (TPSA) is 66.4 Å². The highest BCUT2D eigenvalue weighted by molar-refractivity contribution is 14.0. The summed E-state index contributed by atoms with van der Waals surface area (Å²) >= 11 is 0. The Labute approximate surface area is 169 Å². The van der Waals surface area contributed by atoms with Gasteiger partial charge in [-0.25, -0.2) is 0 Å². The lowest BCUT2D eigenvalue weighted by atomic mass is 10.3. The molecule has 0 aliphatic carbocycles. The van der Waals surface area contributed by atoms with E-state index in [1.807, 2.05) is 4.90 Å². The number of halogens is 1. The maximum Gasteiger partial charge on any atom is 0.219 e. The molecule has 1 fully saturated rings. The minimum atomic E-state index is 0. The number of carbonyl (C=O) groups excluding carboxylic acids is 1. The zero-order valence-corrected chi connectivity index (χ0v) is 18.3. The van der Waals surface area contributed by atoms with E-state index in [1.165, 1.54) is 0 Å². The van der Waals surface area contributed by atoms with Gasteiger partial charge < -0.3 is 24.6 Å². The third-order valence-electron chi connectivity index (χ3n) is 3.87. The molecule has 148 valence electrons. The molecular formula is C17H35IN4O3. The van der Waals surface area contributed by atoms with Crippen molar-refractivity contribution in [1.29, 1.82) is 0 Å². The van der Waals surface area contributed by atoms with Gasteiger partial charge in [-0.1, -0.05) is 13.3 Å². The molecule has 25 heavy (non-hydrogen) atoms. The Hall–Kier alpha value is -0.610. The second-order valence-corrected chi connectivity index (χ2v) is 5.81. The van der Waals surface area contributed by atoms with E-state index in [2.05, 4.69) is 29.1 Å². The highest BCUT2D eigenvalue weighted by Gasteiger charge is 2.20. The monoisotopic (exact) mass is 470 g/mol. The Morgan fingerprint density at radius 2 is 1.60 bits per heavy atom. The molecule has 1 saturated heterocycles. The maximum absolute atomic E-state index is 11.4. The van der Waals surface area contributed by atoms with E-state index in [0.717, 1.165) is 58.1 Å². The number of aliphatic imine (C=N–C) groups is 1. The van der Waals surface area contributed by atoms with Crippen LogP contribution < -0.4 is 5.32 Å². The van der Waals surface area contributed by atoms with Crippen molar-refractivity contribution in [2.75, 3.05) is 65.7 Å². The largest absolute Gasteiger partial charge is 0.379 e. The lowest BCUT2D eigenvalue weighted by Crippen LogP contribution is -2.53. The van der Waals surface area contributed by atoms with Crippen LogP contribution in [0.4, 0.5) is 0 Å². The van der Waals surface area contributed by atoms with Gasteiger partial charge >= 0.3 is 0 Å². The van der Waals surface area contributed by atoms with E-state index >= 15 is 0 Å². The molecular weight excluding hydrogens is 435 g/mol. The standard InChI is InChI=1S/C17H34N4O3.HI/c1-4-6-12-23-14-15-24-13-7-19-17(18-5-2)21-10-8-20(9-11-21)16(3)22;/h4-15H2,1-3H3,(H,18,19);1H. The van der Waals surface area contributed by atoms with Gasteiger partial charge in [0.15, 0.2) is 5.96 Å². The number of hydrogen-bond acceptors (Lipinski definition) is 4. The molecule has 0 atom stereocenters. The summed E-state index contributed by atoms with van der Waals surface area (Å²) in [4.78, 5) is 20.1. The first-order chi connectivity index (χ1) is 11.7. The quantitative estimate of drug-likeness (QED) is 0.227. The smallest absolute Gasteiger partial charge is 0.219 e.